The van der Waals surface area contributed by atoms with Gasteiger partial charge in [0.15, 0.2) is 11.5 Å². The summed E-state index contributed by atoms with van der Waals surface area (Å²) >= 11 is 6.00. The number of urea groups is 1. The highest BCUT2D eigenvalue weighted by Gasteiger charge is 2.32. The molecule has 1 atom stereocenters. The number of fused-ring (bicyclic) bond motifs is 1. The SMILES string of the molecule is CCNC(=O)N1CCc2cc(OC)c(OC)cc2C1CNC(=O)c1cccc(Cl)c1. The van der Waals surface area contributed by atoms with Crippen molar-refractivity contribution < 1.29 is 19.1 Å². The minimum absolute atomic E-state index is 0.167. The van der Waals surface area contributed by atoms with Gasteiger partial charge in [0.05, 0.1) is 20.3 Å². The highest BCUT2D eigenvalue weighted by Crippen LogP contribution is 2.38. The molecule has 0 aromatic heterocycles. The fraction of sp³-hybridized carbons (Fsp3) is 0.364. The molecule has 2 aromatic carbocycles. The largest absolute Gasteiger partial charge is 0.493 e. The lowest BCUT2D eigenvalue weighted by Gasteiger charge is -2.37. The minimum atomic E-state index is -0.344. The summed E-state index contributed by atoms with van der Waals surface area (Å²) in [6.07, 6.45) is 0.686. The van der Waals surface area contributed by atoms with Crippen LogP contribution in [0.1, 0.15) is 34.5 Å². The Hall–Kier alpha value is -2.93. The molecule has 0 bridgehead atoms. The highest BCUT2D eigenvalue weighted by atomic mass is 35.5. The van der Waals surface area contributed by atoms with Gasteiger partial charge in [-0.3, -0.25) is 4.79 Å². The van der Waals surface area contributed by atoms with Gasteiger partial charge in [-0.15, -0.1) is 0 Å². The zero-order chi connectivity index (χ0) is 21.7. The molecule has 0 fully saturated rings. The van der Waals surface area contributed by atoms with Gasteiger partial charge in [0.1, 0.15) is 0 Å². The number of methoxy groups -OCH3 is 2. The van der Waals surface area contributed by atoms with Crippen LogP contribution in [0.3, 0.4) is 0 Å². The van der Waals surface area contributed by atoms with E-state index in [9.17, 15) is 9.59 Å². The van der Waals surface area contributed by atoms with Crippen LogP contribution in [-0.2, 0) is 6.42 Å². The molecule has 3 rings (SSSR count). The second kappa shape index (κ2) is 9.71. The molecule has 2 N–H and O–H groups in total. The van der Waals surface area contributed by atoms with Crippen LogP contribution in [0, 0.1) is 0 Å². The van der Waals surface area contributed by atoms with Crippen LogP contribution < -0.4 is 20.1 Å². The molecule has 0 saturated carbocycles. The van der Waals surface area contributed by atoms with E-state index in [0.29, 0.717) is 41.6 Å². The molecule has 7 nitrogen and oxygen atoms in total. The van der Waals surface area contributed by atoms with E-state index in [1.165, 1.54) is 0 Å². The Morgan fingerprint density at radius 3 is 2.53 bits per heavy atom. The lowest BCUT2D eigenvalue weighted by molar-refractivity contribution is 0.0934. The van der Waals surface area contributed by atoms with Crippen molar-refractivity contribution in [1.29, 1.82) is 0 Å². The van der Waals surface area contributed by atoms with Crippen LogP contribution in [-0.4, -0.2) is 50.7 Å². The summed E-state index contributed by atoms with van der Waals surface area (Å²) in [6, 6.07) is 10.1. The molecule has 0 saturated heterocycles. The first-order chi connectivity index (χ1) is 14.5. The van der Waals surface area contributed by atoms with Crippen LogP contribution in [0.2, 0.25) is 5.02 Å². The Bertz CT molecular complexity index is 935. The summed E-state index contributed by atoms with van der Waals surface area (Å²) in [5.41, 5.74) is 2.46. The smallest absolute Gasteiger partial charge is 0.317 e. The molecule has 1 aliphatic heterocycles. The average Bonchev–Trinajstić information content (AvgIpc) is 2.76. The number of rotatable bonds is 6. The van der Waals surface area contributed by atoms with Crippen LogP contribution >= 0.6 is 11.6 Å². The fourth-order valence-corrected chi connectivity index (χ4v) is 3.86. The van der Waals surface area contributed by atoms with Crippen molar-refractivity contribution in [3.05, 3.63) is 58.1 Å². The van der Waals surface area contributed by atoms with E-state index in [1.807, 2.05) is 19.1 Å². The predicted octanol–water partition coefficient (Wildman–Crippen LogP) is 3.42. The number of halogens is 1. The summed E-state index contributed by atoms with van der Waals surface area (Å²) in [7, 11) is 3.17. The monoisotopic (exact) mass is 431 g/mol. The first kappa shape index (κ1) is 21.8. The second-order valence-electron chi connectivity index (χ2n) is 6.92. The third-order valence-electron chi connectivity index (χ3n) is 5.13. The third-order valence-corrected chi connectivity index (χ3v) is 5.37. The lowest BCUT2D eigenvalue weighted by atomic mass is 9.91. The Labute approximate surface area is 181 Å². The molecule has 160 valence electrons. The summed E-state index contributed by atoms with van der Waals surface area (Å²) in [6.45, 7) is 3.19. The van der Waals surface area contributed by atoms with E-state index >= 15 is 0 Å². The standard InChI is InChI=1S/C22H26ClN3O4/c1-4-24-22(28)26-9-8-14-11-19(29-2)20(30-3)12-17(14)18(26)13-25-21(27)15-6-5-7-16(23)10-15/h5-7,10-12,18H,4,8-9,13H2,1-3H3,(H,24,28)(H,25,27). The van der Waals surface area contributed by atoms with E-state index in [2.05, 4.69) is 10.6 Å². The quantitative estimate of drug-likeness (QED) is 0.734. The van der Waals surface area contributed by atoms with E-state index < -0.39 is 0 Å². The maximum atomic E-state index is 12.7. The number of nitrogens with one attached hydrogen (secondary N) is 2. The molecular weight excluding hydrogens is 406 g/mol. The summed E-state index contributed by atoms with van der Waals surface area (Å²) in [4.78, 5) is 27.1. The predicted molar refractivity (Wildman–Crippen MR) is 116 cm³/mol. The summed E-state index contributed by atoms with van der Waals surface area (Å²) < 4.78 is 10.9. The Kier molecular flexibility index (Phi) is 7.05. The van der Waals surface area contributed by atoms with Gasteiger partial charge < -0.3 is 25.0 Å². The van der Waals surface area contributed by atoms with Crippen LogP contribution in [0.5, 0.6) is 11.5 Å². The van der Waals surface area contributed by atoms with Crippen molar-refractivity contribution in [3.8, 4) is 11.5 Å². The zero-order valence-electron chi connectivity index (χ0n) is 17.3. The molecule has 2 aromatic rings. The number of carbonyl (C=O) groups is 2. The molecule has 30 heavy (non-hydrogen) atoms. The van der Waals surface area contributed by atoms with Gasteiger partial charge in [0.2, 0.25) is 0 Å². The number of carbonyl (C=O) groups excluding carboxylic acids is 2. The number of amides is 3. The van der Waals surface area contributed by atoms with Crippen molar-refractivity contribution in [3.63, 3.8) is 0 Å². The third kappa shape index (κ3) is 4.62. The number of benzene rings is 2. The van der Waals surface area contributed by atoms with Gasteiger partial charge in [-0.2, -0.15) is 0 Å². The van der Waals surface area contributed by atoms with Crippen LogP contribution in [0.25, 0.3) is 0 Å². The molecule has 0 spiro atoms. The number of hydrogen-bond acceptors (Lipinski definition) is 4. The molecule has 1 unspecified atom stereocenters. The normalized spacial score (nSPS) is 15.2. The lowest BCUT2D eigenvalue weighted by Crippen LogP contribution is -2.49. The van der Waals surface area contributed by atoms with Gasteiger partial charge in [0, 0.05) is 30.2 Å². The Balaban J connectivity index is 1.90. The second-order valence-corrected chi connectivity index (χ2v) is 7.36. The van der Waals surface area contributed by atoms with Gasteiger partial charge in [0.25, 0.3) is 5.91 Å². The maximum absolute atomic E-state index is 12.7. The molecule has 0 radical (unpaired) electrons. The summed E-state index contributed by atoms with van der Waals surface area (Å²) in [5.74, 6) is 0.977. The first-order valence-electron chi connectivity index (χ1n) is 9.81. The van der Waals surface area contributed by atoms with E-state index in [0.717, 1.165) is 11.1 Å². The van der Waals surface area contributed by atoms with Crippen LogP contribution in [0.4, 0.5) is 4.79 Å². The maximum Gasteiger partial charge on any atom is 0.317 e. The van der Waals surface area contributed by atoms with Gasteiger partial charge in [-0.1, -0.05) is 17.7 Å². The fourth-order valence-electron chi connectivity index (χ4n) is 3.67. The molecular formula is C22H26ClN3O4. The van der Waals surface area contributed by atoms with Crippen molar-refractivity contribution in [1.82, 2.24) is 15.5 Å². The molecule has 1 heterocycles. The number of hydrogen-bond donors (Lipinski definition) is 2. The number of ether oxygens (including phenoxy) is 2. The van der Waals surface area contributed by atoms with Crippen molar-refractivity contribution in [2.45, 2.75) is 19.4 Å². The van der Waals surface area contributed by atoms with Gasteiger partial charge in [-0.05, 0) is 54.8 Å². The minimum Gasteiger partial charge on any atom is -0.493 e. The van der Waals surface area contributed by atoms with Gasteiger partial charge >= 0.3 is 6.03 Å². The van der Waals surface area contributed by atoms with Crippen LogP contribution in [0.15, 0.2) is 36.4 Å². The molecule has 8 heteroatoms. The van der Waals surface area contributed by atoms with Gasteiger partial charge in [-0.25, -0.2) is 4.79 Å². The van der Waals surface area contributed by atoms with E-state index in [1.54, 1.807) is 43.4 Å². The number of nitrogens with zero attached hydrogens (tertiary/aromatic N) is 1. The zero-order valence-corrected chi connectivity index (χ0v) is 18.1. The van der Waals surface area contributed by atoms with E-state index in [-0.39, 0.29) is 24.5 Å². The van der Waals surface area contributed by atoms with Crippen molar-refractivity contribution in [2.75, 3.05) is 33.9 Å². The van der Waals surface area contributed by atoms with Crippen molar-refractivity contribution in [2.24, 2.45) is 0 Å². The first-order valence-corrected chi connectivity index (χ1v) is 10.2. The average molecular weight is 432 g/mol. The topological polar surface area (TPSA) is 79.9 Å². The highest BCUT2D eigenvalue weighted by molar-refractivity contribution is 6.30. The molecule has 0 aliphatic carbocycles. The van der Waals surface area contributed by atoms with E-state index in [4.69, 9.17) is 21.1 Å². The Morgan fingerprint density at radius 1 is 1.13 bits per heavy atom. The molecule has 1 aliphatic rings. The van der Waals surface area contributed by atoms with Crippen molar-refractivity contribution >= 4 is 23.5 Å². The molecule has 3 amide bonds. The Morgan fingerprint density at radius 2 is 1.87 bits per heavy atom. The summed E-state index contributed by atoms with van der Waals surface area (Å²) in [5, 5.41) is 6.29.